The number of fused-ring (bicyclic) bond motifs is 2. The number of benzene rings is 2. The van der Waals surface area contributed by atoms with Crippen molar-refractivity contribution in [1.82, 2.24) is 19.4 Å². The summed E-state index contributed by atoms with van der Waals surface area (Å²) in [5, 5.41) is 2.32. The van der Waals surface area contributed by atoms with Gasteiger partial charge in [-0.05, 0) is 23.8 Å². The van der Waals surface area contributed by atoms with Crippen LogP contribution in [0.4, 0.5) is 0 Å². The standard InChI is InChI=1S/C21H20N4O.ClH/c1-2-6-19-16(4-1)14-22-21(23-19)25-9-8-18-17(5-3-7-20(18)25)15-24-10-12-26-13-11-24;/h1-9,14H,10-13,15H2;1H. The average molecular weight is 381 g/mol. The molecule has 2 aromatic carbocycles. The van der Waals surface area contributed by atoms with Crippen LogP contribution < -0.4 is 0 Å². The Labute approximate surface area is 164 Å². The molecule has 0 saturated carbocycles. The number of nitrogens with zero attached hydrogens (tertiary/aromatic N) is 4. The van der Waals surface area contributed by atoms with Gasteiger partial charge in [-0.2, -0.15) is 0 Å². The molecule has 0 N–H and O–H groups in total. The molecule has 0 atom stereocenters. The van der Waals surface area contributed by atoms with Gasteiger partial charge in [0.25, 0.3) is 0 Å². The van der Waals surface area contributed by atoms with Crippen LogP contribution in [0.1, 0.15) is 5.56 Å². The van der Waals surface area contributed by atoms with Crippen LogP contribution in [0.5, 0.6) is 0 Å². The zero-order valence-corrected chi connectivity index (χ0v) is 15.7. The van der Waals surface area contributed by atoms with Crippen molar-refractivity contribution in [3.8, 4) is 5.95 Å². The SMILES string of the molecule is Cl.c1ccc2nc(-n3ccc4c(CN5CCOCC5)cccc43)ncc2c1. The first-order chi connectivity index (χ1) is 12.9. The third kappa shape index (κ3) is 3.41. The van der Waals surface area contributed by atoms with E-state index in [0.717, 1.165) is 49.3 Å². The van der Waals surface area contributed by atoms with E-state index >= 15 is 0 Å². The van der Waals surface area contributed by atoms with Crippen LogP contribution in [-0.4, -0.2) is 45.7 Å². The van der Waals surface area contributed by atoms with E-state index in [0.29, 0.717) is 5.95 Å². The monoisotopic (exact) mass is 380 g/mol. The first-order valence-corrected chi connectivity index (χ1v) is 9.00. The fourth-order valence-corrected chi connectivity index (χ4v) is 3.62. The minimum Gasteiger partial charge on any atom is -0.379 e. The summed E-state index contributed by atoms with van der Waals surface area (Å²) in [4.78, 5) is 11.8. The number of morpholine rings is 1. The topological polar surface area (TPSA) is 43.2 Å². The second-order valence-corrected chi connectivity index (χ2v) is 6.65. The third-order valence-corrected chi connectivity index (χ3v) is 5.01. The predicted octanol–water partition coefficient (Wildman–Crippen LogP) is 3.83. The Bertz CT molecular complexity index is 1070. The van der Waals surface area contributed by atoms with Crippen LogP contribution in [0, 0.1) is 0 Å². The molecule has 0 aliphatic carbocycles. The van der Waals surface area contributed by atoms with Crippen molar-refractivity contribution in [1.29, 1.82) is 0 Å². The van der Waals surface area contributed by atoms with E-state index in [9.17, 15) is 0 Å². The fourth-order valence-electron chi connectivity index (χ4n) is 3.62. The number of para-hydroxylation sites is 1. The lowest BCUT2D eigenvalue weighted by atomic mass is 10.1. The molecule has 2 aromatic heterocycles. The van der Waals surface area contributed by atoms with Gasteiger partial charge in [0.15, 0.2) is 0 Å². The lowest BCUT2D eigenvalue weighted by Crippen LogP contribution is -2.35. The molecule has 1 aliphatic heterocycles. The van der Waals surface area contributed by atoms with Gasteiger partial charge in [-0.15, -0.1) is 12.4 Å². The maximum Gasteiger partial charge on any atom is 0.234 e. The molecule has 1 fully saturated rings. The molecule has 4 aromatic rings. The molecule has 5 rings (SSSR count). The Morgan fingerprint density at radius 1 is 0.963 bits per heavy atom. The number of rotatable bonds is 3. The van der Waals surface area contributed by atoms with Gasteiger partial charge in [0.2, 0.25) is 5.95 Å². The molecule has 1 saturated heterocycles. The van der Waals surface area contributed by atoms with Gasteiger partial charge in [-0.1, -0.05) is 30.3 Å². The third-order valence-electron chi connectivity index (χ3n) is 5.01. The lowest BCUT2D eigenvalue weighted by Gasteiger charge is -2.26. The summed E-state index contributed by atoms with van der Waals surface area (Å²) < 4.78 is 7.53. The van der Waals surface area contributed by atoms with Crippen molar-refractivity contribution in [2.45, 2.75) is 6.54 Å². The molecular weight excluding hydrogens is 360 g/mol. The molecule has 0 spiro atoms. The van der Waals surface area contributed by atoms with Gasteiger partial charge in [-0.25, -0.2) is 9.97 Å². The quantitative estimate of drug-likeness (QED) is 0.541. The number of ether oxygens (including phenoxy) is 1. The van der Waals surface area contributed by atoms with Crippen LogP contribution in [-0.2, 0) is 11.3 Å². The van der Waals surface area contributed by atoms with Gasteiger partial charge in [0, 0.05) is 42.8 Å². The largest absolute Gasteiger partial charge is 0.379 e. The Balaban J connectivity index is 0.00000180. The van der Waals surface area contributed by atoms with E-state index in [1.165, 1.54) is 10.9 Å². The molecular formula is C21H21ClN4O. The van der Waals surface area contributed by atoms with Crippen LogP contribution in [0.2, 0.25) is 0 Å². The Morgan fingerprint density at radius 3 is 2.70 bits per heavy atom. The highest BCUT2D eigenvalue weighted by Crippen LogP contribution is 2.24. The maximum atomic E-state index is 5.46. The number of aromatic nitrogens is 3. The summed E-state index contributed by atoms with van der Waals surface area (Å²) in [5.41, 5.74) is 3.44. The maximum absolute atomic E-state index is 5.46. The molecule has 0 amide bonds. The fraction of sp³-hybridized carbons (Fsp3) is 0.238. The summed E-state index contributed by atoms with van der Waals surface area (Å²) >= 11 is 0. The Morgan fingerprint density at radius 2 is 1.81 bits per heavy atom. The average Bonchev–Trinajstić information content (AvgIpc) is 3.14. The molecule has 138 valence electrons. The summed E-state index contributed by atoms with van der Waals surface area (Å²) in [7, 11) is 0. The van der Waals surface area contributed by atoms with Crippen molar-refractivity contribution in [3.05, 3.63) is 66.5 Å². The van der Waals surface area contributed by atoms with Crippen molar-refractivity contribution >= 4 is 34.2 Å². The molecule has 0 unspecified atom stereocenters. The van der Waals surface area contributed by atoms with Crippen molar-refractivity contribution in [2.24, 2.45) is 0 Å². The van der Waals surface area contributed by atoms with Gasteiger partial charge in [0.05, 0.1) is 24.2 Å². The lowest BCUT2D eigenvalue weighted by molar-refractivity contribution is 0.0344. The zero-order chi connectivity index (χ0) is 17.3. The Hall–Kier alpha value is -2.47. The molecule has 0 radical (unpaired) electrons. The van der Waals surface area contributed by atoms with Crippen molar-refractivity contribution in [2.75, 3.05) is 26.3 Å². The summed E-state index contributed by atoms with van der Waals surface area (Å²) in [6.45, 7) is 4.57. The van der Waals surface area contributed by atoms with Gasteiger partial charge < -0.3 is 4.74 Å². The highest BCUT2D eigenvalue weighted by molar-refractivity contribution is 5.86. The van der Waals surface area contributed by atoms with E-state index in [-0.39, 0.29) is 12.4 Å². The van der Waals surface area contributed by atoms with E-state index < -0.39 is 0 Å². The molecule has 5 nitrogen and oxygen atoms in total. The molecule has 0 bridgehead atoms. The first-order valence-electron chi connectivity index (χ1n) is 9.00. The van der Waals surface area contributed by atoms with Gasteiger partial charge in [0.1, 0.15) is 0 Å². The van der Waals surface area contributed by atoms with E-state index in [2.05, 4.69) is 44.9 Å². The highest BCUT2D eigenvalue weighted by Gasteiger charge is 2.14. The van der Waals surface area contributed by atoms with Crippen LogP contribution >= 0.6 is 12.4 Å². The predicted molar refractivity (Wildman–Crippen MR) is 110 cm³/mol. The van der Waals surface area contributed by atoms with Crippen LogP contribution in [0.3, 0.4) is 0 Å². The molecule has 3 heterocycles. The molecule has 1 aliphatic rings. The summed E-state index contributed by atoms with van der Waals surface area (Å²) in [6, 6.07) is 16.7. The molecule has 27 heavy (non-hydrogen) atoms. The first kappa shape index (κ1) is 17.9. The van der Waals surface area contributed by atoms with Crippen LogP contribution in [0.15, 0.2) is 60.9 Å². The minimum atomic E-state index is 0. The second-order valence-electron chi connectivity index (χ2n) is 6.65. The van der Waals surface area contributed by atoms with Gasteiger partial charge >= 0.3 is 0 Å². The van der Waals surface area contributed by atoms with E-state index in [1.54, 1.807) is 0 Å². The van der Waals surface area contributed by atoms with E-state index in [1.807, 2.05) is 30.5 Å². The van der Waals surface area contributed by atoms with E-state index in [4.69, 9.17) is 9.72 Å². The minimum absolute atomic E-state index is 0. The smallest absolute Gasteiger partial charge is 0.234 e. The van der Waals surface area contributed by atoms with Crippen molar-refractivity contribution in [3.63, 3.8) is 0 Å². The molecule has 6 heteroatoms. The Kier molecular flexibility index (Phi) is 5.07. The van der Waals surface area contributed by atoms with Gasteiger partial charge in [-0.3, -0.25) is 9.47 Å². The number of hydrogen-bond donors (Lipinski definition) is 0. The normalized spacial score (nSPS) is 15.1. The highest BCUT2D eigenvalue weighted by atomic mass is 35.5. The second kappa shape index (κ2) is 7.64. The number of hydrogen-bond acceptors (Lipinski definition) is 4. The van der Waals surface area contributed by atoms with Crippen LogP contribution in [0.25, 0.3) is 27.8 Å². The summed E-state index contributed by atoms with van der Waals surface area (Å²) in [5.74, 6) is 0.710. The van der Waals surface area contributed by atoms with Crippen molar-refractivity contribution < 1.29 is 4.74 Å². The zero-order valence-electron chi connectivity index (χ0n) is 14.9. The summed E-state index contributed by atoms with van der Waals surface area (Å²) in [6.07, 6.45) is 3.96. The number of halogens is 1.